The predicted octanol–water partition coefficient (Wildman–Crippen LogP) is 3.01. The van der Waals surface area contributed by atoms with Gasteiger partial charge in [-0.1, -0.05) is 25.0 Å². The van der Waals surface area contributed by atoms with Crippen molar-refractivity contribution in [2.75, 3.05) is 12.3 Å². The molecular formula is C15H22INO3S. The Bertz CT molecular complexity index is 551. The maximum Gasteiger partial charge on any atom is 0.264 e. The van der Waals surface area contributed by atoms with Gasteiger partial charge in [0, 0.05) is 9.11 Å². The lowest BCUT2D eigenvalue weighted by Crippen LogP contribution is -2.45. The van der Waals surface area contributed by atoms with Gasteiger partial charge in [-0.15, -0.1) is 0 Å². The van der Waals surface area contributed by atoms with Crippen molar-refractivity contribution in [2.45, 2.75) is 44.1 Å². The molecule has 2 rings (SSSR count). The van der Waals surface area contributed by atoms with Crippen molar-refractivity contribution in [3.63, 3.8) is 0 Å². The van der Waals surface area contributed by atoms with Crippen LogP contribution >= 0.6 is 22.6 Å². The first kappa shape index (κ1) is 17.2. The zero-order valence-corrected chi connectivity index (χ0v) is 15.0. The Kier molecular flexibility index (Phi) is 6.05. The van der Waals surface area contributed by atoms with E-state index in [0.29, 0.717) is 13.0 Å². The highest BCUT2D eigenvalue weighted by Gasteiger charge is 2.33. The van der Waals surface area contributed by atoms with Crippen LogP contribution in [-0.4, -0.2) is 30.8 Å². The molecule has 0 bridgehead atoms. The molecule has 6 heteroatoms. The maximum atomic E-state index is 10.8. The second-order valence-electron chi connectivity index (χ2n) is 5.86. The molecule has 0 saturated heterocycles. The Morgan fingerprint density at radius 1 is 1.19 bits per heavy atom. The van der Waals surface area contributed by atoms with Gasteiger partial charge in [-0.3, -0.25) is 4.55 Å². The zero-order chi connectivity index (χ0) is 15.3. The van der Waals surface area contributed by atoms with Gasteiger partial charge in [0.15, 0.2) is 0 Å². The molecular weight excluding hydrogens is 401 g/mol. The topological polar surface area (TPSA) is 66.4 Å². The molecule has 0 radical (unpaired) electrons. The van der Waals surface area contributed by atoms with Crippen LogP contribution in [-0.2, 0) is 16.5 Å². The molecule has 0 aromatic heterocycles. The third-order valence-electron chi connectivity index (χ3n) is 4.10. The molecule has 1 fully saturated rings. The molecule has 1 aliphatic carbocycles. The second kappa shape index (κ2) is 7.39. The summed E-state index contributed by atoms with van der Waals surface area (Å²) >= 11 is 2.30. The number of hydrogen-bond acceptors (Lipinski definition) is 3. The van der Waals surface area contributed by atoms with Gasteiger partial charge in [-0.25, -0.2) is 0 Å². The van der Waals surface area contributed by atoms with Crippen molar-refractivity contribution in [2.24, 2.45) is 0 Å². The van der Waals surface area contributed by atoms with Crippen molar-refractivity contribution < 1.29 is 13.0 Å². The number of halogens is 1. The summed E-state index contributed by atoms with van der Waals surface area (Å²) in [6.07, 6.45) is 6.13. The number of nitrogens with one attached hydrogen (secondary N) is 1. The summed E-state index contributed by atoms with van der Waals surface area (Å²) in [4.78, 5) is 0. The van der Waals surface area contributed by atoms with Crippen LogP contribution in [0.3, 0.4) is 0 Å². The lowest BCUT2D eigenvalue weighted by atomic mass is 9.89. The SMILES string of the molecule is O=S(=O)(O)CCCNC1(Cc2ccc(I)cc2)CCCC1. The monoisotopic (exact) mass is 423 g/mol. The first-order valence-corrected chi connectivity index (χ1v) is 10.0. The van der Waals surface area contributed by atoms with Crippen LogP contribution in [0.2, 0.25) is 0 Å². The average Bonchev–Trinajstić information content (AvgIpc) is 2.86. The molecule has 1 aliphatic rings. The number of hydrogen-bond donors (Lipinski definition) is 2. The highest BCUT2D eigenvalue weighted by atomic mass is 127. The van der Waals surface area contributed by atoms with Crippen molar-refractivity contribution in [1.29, 1.82) is 0 Å². The third kappa shape index (κ3) is 5.84. The van der Waals surface area contributed by atoms with E-state index < -0.39 is 10.1 Å². The summed E-state index contributed by atoms with van der Waals surface area (Å²) in [6, 6.07) is 8.58. The molecule has 0 unspecified atom stereocenters. The van der Waals surface area contributed by atoms with Crippen LogP contribution in [0, 0.1) is 3.57 Å². The first-order valence-electron chi connectivity index (χ1n) is 7.33. The Morgan fingerprint density at radius 3 is 2.38 bits per heavy atom. The Labute approximate surface area is 140 Å². The molecule has 1 aromatic carbocycles. The standard InChI is InChI=1S/C15H22INO3S/c16-14-6-4-13(5-7-14)12-15(8-1-2-9-15)17-10-3-11-21(18,19)20/h4-7,17H,1-3,8-12H2,(H,18,19,20). The normalized spacial score (nSPS) is 18.0. The summed E-state index contributed by atoms with van der Waals surface area (Å²) in [5, 5.41) is 3.55. The van der Waals surface area contributed by atoms with E-state index in [0.717, 1.165) is 19.3 Å². The van der Waals surface area contributed by atoms with Crippen LogP contribution in [0.15, 0.2) is 24.3 Å². The largest absolute Gasteiger partial charge is 0.311 e. The van der Waals surface area contributed by atoms with Gasteiger partial charge < -0.3 is 5.32 Å². The van der Waals surface area contributed by atoms with Crippen molar-refractivity contribution >= 4 is 32.7 Å². The van der Waals surface area contributed by atoms with Gasteiger partial charge in [0.05, 0.1) is 5.75 Å². The lowest BCUT2D eigenvalue weighted by Gasteiger charge is -2.31. The van der Waals surface area contributed by atoms with E-state index in [1.165, 1.54) is 22.0 Å². The van der Waals surface area contributed by atoms with Gasteiger partial charge in [0.1, 0.15) is 0 Å². The van der Waals surface area contributed by atoms with E-state index in [-0.39, 0.29) is 11.3 Å². The van der Waals surface area contributed by atoms with Crippen molar-refractivity contribution in [3.05, 3.63) is 33.4 Å². The zero-order valence-electron chi connectivity index (χ0n) is 12.0. The summed E-state index contributed by atoms with van der Waals surface area (Å²) in [6.45, 7) is 0.629. The fraction of sp³-hybridized carbons (Fsp3) is 0.600. The molecule has 21 heavy (non-hydrogen) atoms. The molecule has 1 aromatic rings. The van der Waals surface area contributed by atoms with E-state index in [2.05, 4.69) is 52.2 Å². The molecule has 2 N–H and O–H groups in total. The number of rotatable bonds is 7. The summed E-state index contributed by atoms with van der Waals surface area (Å²) in [7, 11) is -3.84. The van der Waals surface area contributed by atoms with Crippen LogP contribution in [0.25, 0.3) is 0 Å². The van der Waals surface area contributed by atoms with Gasteiger partial charge in [0.2, 0.25) is 0 Å². The van der Waals surface area contributed by atoms with Crippen molar-refractivity contribution in [1.82, 2.24) is 5.32 Å². The maximum absolute atomic E-state index is 10.8. The van der Waals surface area contributed by atoms with E-state index in [1.807, 2.05) is 0 Å². The van der Waals surface area contributed by atoms with Crippen LogP contribution < -0.4 is 5.32 Å². The van der Waals surface area contributed by atoms with Gasteiger partial charge in [-0.05, 0) is 72.5 Å². The minimum atomic E-state index is -3.84. The van der Waals surface area contributed by atoms with E-state index in [9.17, 15) is 8.42 Å². The highest BCUT2D eigenvalue weighted by Crippen LogP contribution is 2.33. The molecule has 4 nitrogen and oxygen atoms in total. The molecule has 0 atom stereocenters. The smallest absolute Gasteiger partial charge is 0.264 e. The lowest BCUT2D eigenvalue weighted by molar-refractivity contribution is 0.329. The minimum absolute atomic E-state index is 0.0893. The molecule has 0 heterocycles. The van der Waals surface area contributed by atoms with E-state index in [4.69, 9.17) is 4.55 Å². The molecule has 1 saturated carbocycles. The average molecular weight is 423 g/mol. The fourth-order valence-electron chi connectivity index (χ4n) is 3.07. The Balaban J connectivity index is 1.92. The van der Waals surface area contributed by atoms with Gasteiger partial charge in [0.25, 0.3) is 10.1 Å². The van der Waals surface area contributed by atoms with E-state index >= 15 is 0 Å². The van der Waals surface area contributed by atoms with E-state index in [1.54, 1.807) is 0 Å². The molecule has 0 aliphatic heterocycles. The third-order valence-corrected chi connectivity index (χ3v) is 5.62. The van der Waals surface area contributed by atoms with Crippen LogP contribution in [0.1, 0.15) is 37.7 Å². The highest BCUT2D eigenvalue weighted by molar-refractivity contribution is 14.1. The molecule has 0 amide bonds. The van der Waals surface area contributed by atoms with Crippen LogP contribution in [0.5, 0.6) is 0 Å². The first-order chi connectivity index (χ1) is 9.89. The molecule has 118 valence electrons. The molecule has 0 spiro atoms. The number of benzene rings is 1. The van der Waals surface area contributed by atoms with Gasteiger partial charge >= 0.3 is 0 Å². The van der Waals surface area contributed by atoms with Crippen LogP contribution in [0.4, 0.5) is 0 Å². The summed E-state index contributed by atoms with van der Waals surface area (Å²) < 4.78 is 31.5. The summed E-state index contributed by atoms with van der Waals surface area (Å²) in [5.74, 6) is -0.167. The Hall–Kier alpha value is -0.180. The van der Waals surface area contributed by atoms with Crippen molar-refractivity contribution in [3.8, 4) is 0 Å². The quantitative estimate of drug-likeness (QED) is 0.402. The predicted molar refractivity (Wildman–Crippen MR) is 93.1 cm³/mol. The second-order valence-corrected chi connectivity index (χ2v) is 8.67. The minimum Gasteiger partial charge on any atom is -0.311 e. The Morgan fingerprint density at radius 2 is 1.81 bits per heavy atom. The van der Waals surface area contributed by atoms with Gasteiger partial charge in [-0.2, -0.15) is 8.42 Å². The summed E-state index contributed by atoms with van der Waals surface area (Å²) in [5.41, 5.74) is 1.41. The fourth-order valence-corrected chi connectivity index (χ4v) is 3.94.